The molecule has 1 aliphatic heterocycles. The summed E-state index contributed by atoms with van der Waals surface area (Å²) in [5.41, 5.74) is 0.746. The van der Waals surface area contributed by atoms with Crippen LogP contribution < -0.4 is 0 Å². The minimum Gasteiger partial charge on any atom is -0.419 e. The maximum absolute atomic E-state index is 12.9. The Bertz CT molecular complexity index is 587. The van der Waals surface area contributed by atoms with Gasteiger partial charge in [0.1, 0.15) is 5.82 Å². The zero-order valence-corrected chi connectivity index (χ0v) is 12.8. The first-order chi connectivity index (χ1) is 10.2. The Morgan fingerprint density at radius 1 is 1.33 bits per heavy atom. The number of hydrogen-bond acceptors (Lipinski definition) is 5. The molecule has 1 aromatic heterocycles. The van der Waals surface area contributed by atoms with Gasteiger partial charge in [-0.1, -0.05) is 6.92 Å². The van der Waals surface area contributed by atoms with Crippen LogP contribution in [0.4, 0.5) is 4.39 Å². The average Bonchev–Trinajstić information content (AvgIpc) is 2.96. The van der Waals surface area contributed by atoms with E-state index < -0.39 is 0 Å². The summed E-state index contributed by atoms with van der Waals surface area (Å²) in [6.45, 7) is 5.02. The van der Waals surface area contributed by atoms with Crippen LogP contribution in [-0.4, -0.2) is 39.2 Å². The van der Waals surface area contributed by atoms with Gasteiger partial charge in [-0.3, -0.25) is 4.90 Å². The van der Waals surface area contributed by atoms with Crippen molar-refractivity contribution in [2.75, 3.05) is 18.8 Å². The number of rotatable bonds is 4. The molecule has 21 heavy (non-hydrogen) atoms. The van der Waals surface area contributed by atoms with Crippen molar-refractivity contribution in [1.82, 2.24) is 15.1 Å². The molecule has 2 heterocycles. The van der Waals surface area contributed by atoms with Crippen molar-refractivity contribution in [3.05, 3.63) is 36.0 Å². The average molecular weight is 307 g/mol. The van der Waals surface area contributed by atoms with E-state index in [1.54, 1.807) is 12.1 Å². The molecule has 1 aliphatic rings. The normalized spacial score (nSPS) is 19.8. The van der Waals surface area contributed by atoms with Crippen molar-refractivity contribution in [2.45, 2.75) is 25.1 Å². The molecule has 1 fully saturated rings. The SMILES string of the molecule is CC[C@@H]1CN(Cc2nnc(-c3ccc(F)cc3)o2)CCS1. The highest BCUT2D eigenvalue weighted by Gasteiger charge is 2.21. The molecule has 0 radical (unpaired) electrons. The third-order valence-electron chi connectivity index (χ3n) is 3.60. The van der Waals surface area contributed by atoms with Crippen LogP contribution in [0.5, 0.6) is 0 Å². The summed E-state index contributed by atoms with van der Waals surface area (Å²) < 4.78 is 18.6. The Hall–Kier alpha value is -1.40. The van der Waals surface area contributed by atoms with Gasteiger partial charge in [0.2, 0.25) is 11.8 Å². The quantitative estimate of drug-likeness (QED) is 0.867. The highest BCUT2D eigenvalue weighted by atomic mass is 32.2. The van der Waals surface area contributed by atoms with Crippen molar-refractivity contribution in [2.24, 2.45) is 0 Å². The van der Waals surface area contributed by atoms with E-state index in [0.29, 0.717) is 23.6 Å². The van der Waals surface area contributed by atoms with E-state index >= 15 is 0 Å². The number of hydrogen-bond donors (Lipinski definition) is 0. The molecule has 2 aromatic rings. The molecule has 0 amide bonds. The summed E-state index contributed by atoms with van der Waals surface area (Å²) in [6.07, 6.45) is 1.19. The monoisotopic (exact) mass is 307 g/mol. The zero-order valence-electron chi connectivity index (χ0n) is 12.0. The second-order valence-electron chi connectivity index (χ2n) is 5.14. The van der Waals surface area contributed by atoms with Gasteiger partial charge in [-0.05, 0) is 30.7 Å². The maximum Gasteiger partial charge on any atom is 0.247 e. The van der Waals surface area contributed by atoms with Crippen molar-refractivity contribution in [3.8, 4) is 11.5 Å². The lowest BCUT2D eigenvalue weighted by Crippen LogP contribution is -2.37. The molecule has 0 saturated carbocycles. The van der Waals surface area contributed by atoms with Crippen LogP contribution in [0, 0.1) is 5.82 Å². The largest absolute Gasteiger partial charge is 0.419 e. The van der Waals surface area contributed by atoms with Gasteiger partial charge in [-0.15, -0.1) is 10.2 Å². The highest BCUT2D eigenvalue weighted by Crippen LogP contribution is 2.23. The summed E-state index contributed by atoms with van der Waals surface area (Å²) in [6, 6.07) is 6.09. The van der Waals surface area contributed by atoms with E-state index in [1.165, 1.54) is 18.6 Å². The van der Waals surface area contributed by atoms with Gasteiger partial charge < -0.3 is 4.42 Å². The highest BCUT2D eigenvalue weighted by molar-refractivity contribution is 8.00. The van der Waals surface area contributed by atoms with E-state index in [4.69, 9.17) is 4.42 Å². The van der Waals surface area contributed by atoms with E-state index in [-0.39, 0.29) is 5.82 Å². The lowest BCUT2D eigenvalue weighted by molar-refractivity contribution is 0.246. The van der Waals surface area contributed by atoms with Crippen molar-refractivity contribution >= 4 is 11.8 Å². The topological polar surface area (TPSA) is 42.2 Å². The zero-order chi connectivity index (χ0) is 14.7. The number of halogens is 1. The number of nitrogens with zero attached hydrogens (tertiary/aromatic N) is 3. The van der Waals surface area contributed by atoms with Crippen LogP contribution in [0.25, 0.3) is 11.5 Å². The summed E-state index contributed by atoms with van der Waals surface area (Å²) in [7, 11) is 0. The van der Waals surface area contributed by atoms with Crippen molar-refractivity contribution < 1.29 is 8.81 Å². The number of benzene rings is 1. The first-order valence-electron chi connectivity index (χ1n) is 7.17. The fourth-order valence-electron chi connectivity index (χ4n) is 2.39. The lowest BCUT2D eigenvalue weighted by Gasteiger charge is -2.30. The fourth-order valence-corrected chi connectivity index (χ4v) is 3.64. The van der Waals surface area contributed by atoms with Gasteiger partial charge in [-0.25, -0.2) is 4.39 Å². The second-order valence-corrected chi connectivity index (χ2v) is 6.55. The Morgan fingerprint density at radius 3 is 2.90 bits per heavy atom. The van der Waals surface area contributed by atoms with Crippen LogP contribution in [0.15, 0.2) is 28.7 Å². The molecule has 1 saturated heterocycles. The van der Waals surface area contributed by atoms with E-state index in [9.17, 15) is 4.39 Å². The van der Waals surface area contributed by atoms with Crippen LogP contribution in [0.2, 0.25) is 0 Å². The van der Waals surface area contributed by atoms with E-state index in [2.05, 4.69) is 22.0 Å². The third-order valence-corrected chi connectivity index (χ3v) is 4.97. The summed E-state index contributed by atoms with van der Waals surface area (Å²) in [4.78, 5) is 2.35. The maximum atomic E-state index is 12.9. The molecule has 112 valence electrons. The molecule has 0 unspecified atom stereocenters. The molecule has 0 N–H and O–H groups in total. The fraction of sp³-hybridized carbons (Fsp3) is 0.467. The predicted octanol–water partition coefficient (Wildman–Crippen LogP) is 3.20. The molecule has 3 rings (SSSR count). The third kappa shape index (κ3) is 3.63. The van der Waals surface area contributed by atoms with Crippen LogP contribution >= 0.6 is 11.8 Å². The smallest absolute Gasteiger partial charge is 0.247 e. The predicted molar refractivity (Wildman–Crippen MR) is 81.5 cm³/mol. The molecule has 0 bridgehead atoms. The first-order valence-corrected chi connectivity index (χ1v) is 8.21. The van der Waals surface area contributed by atoms with Crippen molar-refractivity contribution in [3.63, 3.8) is 0 Å². The second kappa shape index (κ2) is 6.58. The van der Waals surface area contributed by atoms with Gasteiger partial charge >= 0.3 is 0 Å². The number of aromatic nitrogens is 2. The Labute approximate surface area is 127 Å². The Kier molecular flexibility index (Phi) is 4.55. The van der Waals surface area contributed by atoms with E-state index in [1.807, 2.05) is 11.8 Å². The molecule has 6 heteroatoms. The lowest BCUT2D eigenvalue weighted by atomic mass is 10.2. The number of thioether (sulfide) groups is 1. The molecular weight excluding hydrogens is 289 g/mol. The molecule has 4 nitrogen and oxygen atoms in total. The summed E-state index contributed by atoms with van der Waals surface area (Å²) >= 11 is 2.04. The minimum atomic E-state index is -0.269. The van der Waals surface area contributed by atoms with Gasteiger partial charge in [0.05, 0.1) is 6.54 Å². The molecular formula is C15H18FN3OS. The van der Waals surface area contributed by atoms with Gasteiger partial charge in [0.25, 0.3) is 0 Å². The standard InChI is InChI=1S/C15H18FN3OS/c1-2-13-9-19(7-8-21-13)10-14-17-18-15(20-14)11-3-5-12(16)6-4-11/h3-6,13H,2,7-10H2,1H3/t13-/m1/s1. The molecule has 0 spiro atoms. The molecule has 1 aromatic carbocycles. The summed E-state index contributed by atoms with van der Waals surface area (Å²) in [5, 5.41) is 8.84. The van der Waals surface area contributed by atoms with Gasteiger partial charge in [-0.2, -0.15) is 11.8 Å². The first kappa shape index (κ1) is 14.5. The van der Waals surface area contributed by atoms with Crippen LogP contribution in [-0.2, 0) is 6.54 Å². The summed E-state index contributed by atoms with van der Waals surface area (Å²) in [5.74, 6) is 1.95. The van der Waals surface area contributed by atoms with Crippen LogP contribution in [0.1, 0.15) is 19.2 Å². The minimum absolute atomic E-state index is 0.269. The molecule has 1 atom stereocenters. The van der Waals surface area contributed by atoms with Crippen molar-refractivity contribution in [1.29, 1.82) is 0 Å². The Morgan fingerprint density at radius 2 is 2.14 bits per heavy atom. The Balaban J connectivity index is 1.66. The van der Waals surface area contributed by atoms with Gasteiger partial charge in [0.15, 0.2) is 0 Å². The van der Waals surface area contributed by atoms with Gasteiger partial charge in [0, 0.05) is 29.7 Å². The molecule has 0 aliphatic carbocycles. The van der Waals surface area contributed by atoms with E-state index in [0.717, 1.165) is 24.4 Å². The van der Waals surface area contributed by atoms with Crippen LogP contribution in [0.3, 0.4) is 0 Å².